The average Bonchev–Trinajstić information content (AvgIpc) is 3.84. The number of hydrogen-bond acceptors (Lipinski definition) is 8. The molecule has 0 radical (unpaired) electrons. The van der Waals surface area contributed by atoms with Crippen molar-refractivity contribution >= 4 is 39.1 Å². The Morgan fingerprint density at radius 3 is 2.28 bits per heavy atom. The molecule has 10 heteroatoms. The maximum absolute atomic E-state index is 13.0. The fourth-order valence-electron chi connectivity index (χ4n) is 5.03. The smallest absolute Gasteiger partial charge is 0.261 e. The van der Waals surface area contributed by atoms with Crippen molar-refractivity contribution in [3.63, 3.8) is 0 Å². The summed E-state index contributed by atoms with van der Waals surface area (Å²) in [5, 5.41) is 6.12. The zero-order valence-corrected chi connectivity index (χ0v) is 30.2. The van der Waals surface area contributed by atoms with Crippen LogP contribution < -0.4 is 20.1 Å². The third-order valence-corrected chi connectivity index (χ3v) is 9.33. The molecule has 1 aliphatic rings. The van der Waals surface area contributed by atoms with Crippen LogP contribution in [0.5, 0.6) is 11.6 Å². The molecule has 2 heterocycles. The van der Waals surface area contributed by atoms with Crippen molar-refractivity contribution < 1.29 is 23.8 Å². The number of carbonyl (C=O) groups is 2. The first-order chi connectivity index (χ1) is 21.9. The van der Waals surface area contributed by atoms with E-state index in [0.29, 0.717) is 27.4 Å². The van der Waals surface area contributed by atoms with Gasteiger partial charge in [-0.25, -0.2) is 9.97 Å². The van der Waals surface area contributed by atoms with Crippen molar-refractivity contribution in [2.45, 2.75) is 73.6 Å². The summed E-state index contributed by atoms with van der Waals surface area (Å²) < 4.78 is 16.3. The minimum Gasteiger partial charge on any atom is -0.496 e. The first kappa shape index (κ1) is 38.7. The fraction of sp³-hybridized carbons (Fsp3) is 0.556. The molecule has 2 aromatic heterocycles. The number of ether oxygens (including phenoxy) is 3. The van der Waals surface area contributed by atoms with Crippen LogP contribution in [0, 0.1) is 30.6 Å². The minimum absolute atomic E-state index is 0.240. The van der Waals surface area contributed by atoms with Crippen LogP contribution in [-0.2, 0) is 4.74 Å². The average molecular weight is 655 g/mol. The van der Waals surface area contributed by atoms with Crippen LogP contribution in [0.15, 0.2) is 36.5 Å². The number of anilines is 1. The zero-order valence-electron chi connectivity index (χ0n) is 29.4. The molecule has 1 aromatic carbocycles. The number of methoxy groups -OCH3 is 3. The number of aryl methyl sites for hydroxylation is 1. The van der Waals surface area contributed by atoms with Crippen molar-refractivity contribution in [3.8, 4) is 11.6 Å². The molecule has 3 aromatic rings. The quantitative estimate of drug-likeness (QED) is 0.178. The summed E-state index contributed by atoms with van der Waals surface area (Å²) in [6.07, 6.45) is 7.97. The normalized spacial score (nSPS) is 14.0. The Hall–Kier alpha value is -3.50. The lowest BCUT2D eigenvalue weighted by molar-refractivity contribution is 0.0963. The van der Waals surface area contributed by atoms with E-state index in [4.69, 9.17) is 14.2 Å². The lowest BCUT2D eigenvalue weighted by Crippen LogP contribution is -2.22. The second-order valence-electron chi connectivity index (χ2n) is 12.0. The third-order valence-electron chi connectivity index (χ3n) is 8.33. The number of allylic oxidation sites excluding steroid dienone is 1. The van der Waals surface area contributed by atoms with Gasteiger partial charge in [0.25, 0.3) is 11.8 Å². The number of aromatic nitrogens is 2. The van der Waals surface area contributed by atoms with Gasteiger partial charge in [0.2, 0.25) is 5.88 Å². The van der Waals surface area contributed by atoms with Gasteiger partial charge in [0.1, 0.15) is 11.3 Å². The Morgan fingerprint density at radius 2 is 1.76 bits per heavy atom. The van der Waals surface area contributed by atoms with E-state index in [9.17, 15) is 9.59 Å². The number of pyridine rings is 1. The van der Waals surface area contributed by atoms with Crippen LogP contribution in [0.25, 0.3) is 10.2 Å². The van der Waals surface area contributed by atoms with E-state index in [0.717, 1.165) is 29.4 Å². The molecule has 1 fully saturated rings. The Balaban J connectivity index is 0.000000318. The van der Waals surface area contributed by atoms with Gasteiger partial charge < -0.3 is 24.8 Å². The summed E-state index contributed by atoms with van der Waals surface area (Å²) in [4.78, 5) is 33.7. The third kappa shape index (κ3) is 11.4. The van der Waals surface area contributed by atoms with Gasteiger partial charge >= 0.3 is 0 Å². The number of carbonyl (C=O) groups excluding carboxylic acids is 2. The van der Waals surface area contributed by atoms with Gasteiger partial charge in [-0.2, -0.15) is 0 Å². The predicted molar refractivity (Wildman–Crippen MR) is 189 cm³/mol. The molecule has 0 bridgehead atoms. The number of hydrogen-bond donors (Lipinski definition) is 2. The summed E-state index contributed by atoms with van der Waals surface area (Å²) in [6.45, 7) is 18.1. The van der Waals surface area contributed by atoms with Crippen molar-refractivity contribution in [2.24, 2.45) is 23.7 Å². The van der Waals surface area contributed by atoms with Gasteiger partial charge in [-0.3, -0.25) is 9.59 Å². The van der Waals surface area contributed by atoms with E-state index in [-0.39, 0.29) is 23.0 Å². The van der Waals surface area contributed by atoms with Gasteiger partial charge in [-0.05, 0) is 68.4 Å². The SMILES string of the molecule is C=C(CC)C1CC1.CCC(C)C(C)CC(C)COC.CNC(=O)c1cc(OC)ncc1NC(=O)c1c(OC)ccc2nc(C)sc12. The lowest BCUT2D eigenvalue weighted by Gasteiger charge is -2.21. The molecule has 1 saturated carbocycles. The van der Waals surface area contributed by atoms with Crippen molar-refractivity contribution in [3.05, 3.63) is 52.7 Å². The maximum Gasteiger partial charge on any atom is 0.261 e. The largest absolute Gasteiger partial charge is 0.496 e. The summed E-state index contributed by atoms with van der Waals surface area (Å²) in [6, 6.07) is 4.96. The topological polar surface area (TPSA) is 112 Å². The molecule has 2 amide bonds. The fourth-order valence-corrected chi connectivity index (χ4v) is 5.98. The predicted octanol–water partition coefficient (Wildman–Crippen LogP) is 8.33. The summed E-state index contributed by atoms with van der Waals surface area (Å²) in [5.74, 6) is 3.22. The Morgan fingerprint density at radius 1 is 1.07 bits per heavy atom. The molecule has 4 rings (SSSR count). The van der Waals surface area contributed by atoms with Crippen LogP contribution in [0.4, 0.5) is 5.69 Å². The molecule has 0 spiro atoms. The van der Waals surface area contributed by atoms with Crippen molar-refractivity contribution in [1.29, 1.82) is 0 Å². The van der Waals surface area contributed by atoms with Gasteiger partial charge in [0, 0.05) is 26.8 Å². The molecule has 3 atom stereocenters. The summed E-state index contributed by atoms with van der Waals surface area (Å²) >= 11 is 1.40. The molecule has 1 aliphatic carbocycles. The second kappa shape index (κ2) is 19.2. The maximum atomic E-state index is 13.0. The van der Waals surface area contributed by atoms with E-state index in [1.807, 2.05) is 6.92 Å². The van der Waals surface area contributed by atoms with Crippen LogP contribution in [0.2, 0.25) is 0 Å². The summed E-state index contributed by atoms with van der Waals surface area (Å²) in [7, 11) is 6.23. The number of nitrogens with one attached hydrogen (secondary N) is 2. The zero-order chi connectivity index (χ0) is 34.4. The highest BCUT2D eigenvalue weighted by molar-refractivity contribution is 7.19. The van der Waals surface area contributed by atoms with Crippen LogP contribution in [-0.4, -0.2) is 56.8 Å². The Labute approximate surface area is 279 Å². The molecule has 254 valence electrons. The first-order valence-corrected chi connectivity index (χ1v) is 16.9. The Kier molecular flexibility index (Phi) is 16.2. The Bertz CT molecular complexity index is 1440. The van der Waals surface area contributed by atoms with E-state index in [2.05, 4.69) is 61.8 Å². The van der Waals surface area contributed by atoms with Gasteiger partial charge in [-0.1, -0.05) is 53.2 Å². The van der Waals surface area contributed by atoms with Crippen LogP contribution in [0.3, 0.4) is 0 Å². The highest BCUT2D eigenvalue weighted by Gasteiger charge is 2.23. The number of thiazole rings is 1. The van der Waals surface area contributed by atoms with E-state index in [1.54, 1.807) is 19.2 Å². The number of benzene rings is 1. The molecule has 2 N–H and O–H groups in total. The van der Waals surface area contributed by atoms with Gasteiger partial charge in [-0.15, -0.1) is 11.3 Å². The molecule has 0 saturated heterocycles. The highest BCUT2D eigenvalue weighted by atomic mass is 32.1. The molecule has 3 unspecified atom stereocenters. The van der Waals surface area contributed by atoms with Crippen LogP contribution in [0.1, 0.15) is 92.4 Å². The minimum atomic E-state index is -0.418. The molecule has 9 nitrogen and oxygen atoms in total. The summed E-state index contributed by atoms with van der Waals surface area (Å²) in [5.41, 5.74) is 3.03. The van der Waals surface area contributed by atoms with E-state index >= 15 is 0 Å². The molecule has 0 aliphatic heterocycles. The second-order valence-corrected chi connectivity index (χ2v) is 13.2. The van der Waals surface area contributed by atoms with Gasteiger partial charge in [0.15, 0.2) is 0 Å². The number of nitrogens with zero attached hydrogens (tertiary/aromatic N) is 2. The highest BCUT2D eigenvalue weighted by Crippen LogP contribution is 2.36. The number of rotatable bonds is 13. The van der Waals surface area contributed by atoms with Crippen LogP contribution >= 0.6 is 11.3 Å². The van der Waals surface area contributed by atoms with E-state index in [1.165, 1.54) is 82.5 Å². The van der Waals surface area contributed by atoms with Crippen molar-refractivity contribution in [1.82, 2.24) is 15.3 Å². The molecular formula is C36H54N4O5S. The monoisotopic (exact) mass is 654 g/mol. The van der Waals surface area contributed by atoms with Crippen molar-refractivity contribution in [2.75, 3.05) is 40.3 Å². The number of amides is 2. The first-order valence-electron chi connectivity index (χ1n) is 16.1. The standard InChI is InChI=1S/C18H18N4O4S.C11H24O.C7H12/c1-9-21-11-5-6-13(25-3)15(16(11)27-9)18(24)22-12-8-20-14(26-4)7-10(12)17(23)19-2;1-6-10(3)11(4)7-9(2)8-12-5;1-3-6(2)7-4-5-7/h5-8H,1-4H3,(H,19,23)(H,22,24);9-11H,6-8H2,1-5H3;7H,2-5H2,1H3. The van der Waals surface area contributed by atoms with Gasteiger partial charge in [0.05, 0.1) is 46.9 Å². The molecule has 46 heavy (non-hydrogen) atoms. The molecular weight excluding hydrogens is 600 g/mol. The lowest BCUT2D eigenvalue weighted by atomic mass is 9.86. The van der Waals surface area contributed by atoms with E-state index < -0.39 is 5.91 Å². The number of fused-ring (bicyclic) bond motifs is 1.